The first-order chi connectivity index (χ1) is 9.99. The molecule has 1 aromatic rings. The van der Waals surface area contributed by atoms with Crippen molar-refractivity contribution in [2.24, 2.45) is 0 Å². The maximum atomic E-state index is 13.1. The third kappa shape index (κ3) is 4.00. The third-order valence-corrected chi connectivity index (χ3v) is 3.55. The third-order valence-electron chi connectivity index (χ3n) is 3.55. The molecule has 1 aliphatic heterocycles. The van der Waals surface area contributed by atoms with Gasteiger partial charge in [0.15, 0.2) is 0 Å². The van der Waals surface area contributed by atoms with E-state index in [1.807, 2.05) is 6.92 Å². The maximum absolute atomic E-state index is 13.1. The fourth-order valence-corrected chi connectivity index (χ4v) is 2.41. The van der Waals surface area contributed by atoms with E-state index in [0.29, 0.717) is 31.5 Å². The van der Waals surface area contributed by atoms with Gasteiger partial charge in [0.1, 0.15) is 17.7 Å². The molecule has 1 aromatic carbocycles. The van der Waals surface area contributed by atoms with Crippen LogP contribution in [0.5, 0.6) is 0 Å². The fourth-order valence-electron chi connectivity index (χ4n) is 2.41. The second-order valence-electron chi connectivity index (χ2n) is 5.13. The molecule has 21 heavy (non-hydrogen) atoms. The highest BCUT2D eigenvalue weighted by Gasteiger charge is 2.28. The fraction of sp³-hybridized carbons (Fsp3) is 0.467. The molecule has 1 saturated heterocycles. The van der Waals surface area contributed by atoms with E-state index in [1.165, 1.54) is 12.1 Å². The van der Waals surface area contributed by atoms with Gasteiger partial charge in [-0.05, 0) is 30.5 Å². The van der Waals surface area contributed by atoms with E-state index < -0.39 is 17.7 Å². The molecular formula is C15H18F2N2O2. The molecule has 0 saturated carbocycles. The van der Waals surface area contributed by atoms with Crippen LogP contribution >= 0.6 is 0 Å². The van der Waals surface area contributed by atoms with Crippen molar-refractivity contribution in [1.82, 2.24) is 10.2 Å². The number of benzene rings is 1. The second-order valence-corrected chi connectivity index (χ2v) is 5.13. The van der Waals surface area contributed by atoms with Crippen molar-refractivity contribution >= 4 is 11.8 Å². The number of carbonyl (C=O) groups excluding carboxylic acids is 2. The van der Waals surface area contributed by atoms with Crippen molar-refractivity contribution in [1.29, 1.82) is 0 Å². The van der Waals surface area contributed by atoms with E-state index in [2.05, 4.69) is 5.32 Å². The van der Waals surface area contributed by atoms with Gasteiger partial charge in [-0.15, -0.1) is 0 Å². The quantitative estimate of drug-likeness (QED) is 0.918. The van der Waals surface area contributed by atoms with Crippen LogP contribution in [0, 0.1) is 11.6 Å². The van der Waals surface area contributed by atoms with Crippen LogP contribution in [0.15, 0.2) is 18.2 Å². The molecule has 0 spiro atoms. The second kappa shape index (κ2) is 6.65. The van der Waals surface area contributed by atoms with Crippen LogP contribution in [-0.2, 0) is 16.0 Å². The summed E-state index contributed by atoms with van der Waals surface area (Å²) in [6.45, 7) is 2.50. The van der Waals surface area contributed by atoms with Gasteiger partial charge in [0.25, 0.3) is 0 Å². The van der Waals surface area contributed by atoms with Crippen LogP contribution in [0.1, 0.15) is 25.3 Å². The van der Waals surface area contributed by atoms with E-state index in [4.69, 9.17) is 0 Å². The predicted molar refractivity (Wildman–Crippen MR) is 73.5 cm³/mol. The highest BCUT2D eigenvalue weighted by Crippen LogP contribution is 2.11. The van der Waals surface area contributed by atoms with Crippen LogP contribution in [0.2, 0.25) is 0 Å². The van der Waals surface area contributed by atoms with Crippen molar-refractivity contribution < 1.29 is 18.4 Å². The Kier molecular flexibility index (Phi) is 4.88. The van der Waals surface area contributed by atoms with E-state index in [-0.39, 0.29) is 18.2 Å². The Morgan fingerprint density at radius 1 is 1.24 bits per heavy atom. The maximum Gasteiger partial charge on any atom is 0.245 e. The molecule has 2 rings (SSSR count). The van der Waals surface area contributed by atoms with E-state index in [0.717, 1.165) is 6.07 Å². The van der Waals surface area contributed by atoms with Gasteiger partial charge in [0, 0.05) is 25.6 Å². The monoisotopic (exact) mass is 296 g/mol. The van der Waals surface area contributed by atoms with Crippen molar-refractivity contribution in [2.75, 3.05) is 13.1 Å². The summed E-state index contributed by atoms with van der Waals surface area (Å²) in [5, 5.41) is 2.67. The van der Waals surface area contributed by atoms with Crippen LogP contribution < -0.4 is 5.32 Å². The van der Waals surface area contributed by atoms with Gasteiger partial charge < -0.3 is 10.2 Å². The average Bonchev–Trinajstić information content (AvgIpc) is 2.55. The van der Waals surface area contributed by atoms with E-state index in [9.17, 15) is 18.4 Å². The van der Waals surface area contributed by atoms with Gasteiger partial charge in [-0.2, -0.15) is 0 Å². The number of amides is 2. The van der Waals surface area contributed by atoms with Gasteiger partial charge in [0.2, 0.25) is 11.8 Å². The highest BCUT2D eigenvalue weighted by molar-refractivity contribution is 5.89. The molecule has 1 atom stereocenters. The molecule has 0 radical (unpaired) electrons. The Morgan fingerprint density at radius 3 is 2.52 bits per heavy atom. The van der Waals surface area contributed by atoms with Crippen LogP contribution in [0.25, 0.3) is 0 Å². The van der Waals surface area contributed by atoms with Crippen LogP contribution in [0.3, 0.4) is 0 Å². The molecule has 1 aliphatic rings. The topological polar surface area (TPSA) is 49.4 Å². The summed E-state index contributed by atoms with van der Waals surface area (Å²) in [4.78, 5) is 25.3. The van der Waals surface area contributed by atoms with Gasteiger partial charge >= 0.3 is 0 Å². The normalized spacial score (nSPS) is 19.4. The zero-order valence-electron chi connectivity index (χ0n) is 11.9. The number of halogens is 2. The smallest absolute Gasteiger partial charge is 0.245 e. The minimum atomic E-state index is -0.629. The first-order valence-corrected chi connectivity index (χ1v) is 7.02. The molecule has 0 aliphatic carbocycles. The van der Waals surface area contributed by atoms with Crippen LogP contribution in [-0.4, -0.2) is 35.8 Å². The number of nitrogens with one attached hydrogen (secondary N) is 1. The molecule has 1 heterocycles. The van der Waals surface area contributed by atoms with E-state index in [1.54, 1.807) is 4.90 Å². The molecule has 4 nitrogen and oxygen atoms in total. The lowest BCUT2D eigenvalue weighted by Crippen LogP contribution is -2.44. The zero-order chi connectivity index (χ0) is 15.4. The Hall–Kier alpha value is -1.98. The SMILES string of the molecule is CCC1NC(=O)CCN(CCc2cc(F)cc(F)c2)C1=O. The molecule has 114 valence electrons. The Balaban J connectivity index is 2.03. The number of rotatable bonds is 4. The lowest BCUT2D eigenvalue weighted by molar-refractivity contribution is -0.133. The predicted octanol–water partition coefficient (Wildman–Crippen LogP) is 1.63. The standard InChI is InChI=1S/C15H18F2N2O2/c1-2-13-15(21)19(6-4-14(20)18-13)5-3-10-7-11(16)9-12(17)8-10/h7-9,13H,2-6H2,1H3,(H,18,20). The largest absolute Gasteiger partial charge is 0.344 e. The molecule has 1 unspecified atom stereocenters. The lowest BCUT2D eigenvalue weighted by atomic mass is 10.1. The summed E-state index contributed by atoms with van der Waals surface area (Å²) in [6.07, 6.45) is 1.13. The molecule has 6 heteroatoms. The number of hydrogen-bond acceptors (Lipinski definition) is 2. The van der Waals surface area contributed by atoms with Crippen molar-refractivity contribution in [2.45, 2.75) is 32.2 Å². The van der Waals surface area contributed by atoms with E-state index >= 15 is 0 Å². The molecule has 1 N–H and O–H groups in total. The van der Waals surface area contributed by atoms with Crippen molar-refractivity contribution in [3.05, 3.63) is 35.4 Å². The molecule has 0 bridgehead atoms. The number of nitrogens with zero attached hydrogens (tertiary/aromatic N) is 1. The Morgan fingerprint density at radius 2 is 1.90 bits per heavy atom. The molecule has 2 amide bonds. The summed E-state index contributed by atoms with van der Waals surface area (Å²) < 4.78 is 26.3. The Bertz CT molecular complexity index is 528. The minimum Gasteiger partial charge on any atom is -0.344 e. The first kappa shape index (κ1) is 15.4. The number of carbonyl (C=O) groups is 2. The summed E-state index contributed by atoms with van der Waals surface area (Å²) in [5.74, 6) is -1.54. The average molecular weight is 296 g/mol. The Labute approximate surface area is 122 Å². The molecule has 1 fully saturated rings. The summed E-state index contributed by atoms with van der Waals surface area (Å²) in [7, 11) is 0. The first-order valence-electron chi connectivity index (χ1n) is 7.02. The molecular weight excluding hydrogens is 278 g/mol. The summed E-state index contributed by atoms with van der Waals surface area (Å²) >= 11 is 0. The van der Waals surface area contributed by atoms with Gasteiger partial charge in [0.05, 0.1) is 0 Å². The summed E-state index contributed by atoms with van der Waals surface area (Å²) in [6, 6.07) is 2.82. The van der Waals surface area contributed by atoms with Gasteiger partial charge in [-0.3, -0.25) is 9.59 Å². The summed E-state index contributed by atoms with van der Waals surface area (Å²) in [5.41, 5.74) is 0.497. The van der Waals surface area contributed by atoms with Gasteiger partial charge in [-0.25, -0.2) is 8.78 Å². The highest BCUT2D eigenvalue weighted by atomic mass is 19.1. The van der Waals surface area contributed by atoms with Crippen molar-refractivity contribution in [3.63, 3.8) is 0 Å². The minimum absolute atomic E-state index is 0.139. The van der Waals surface area contributed by atoms with Crippen molar-refractivity contribution in [3.8, 4) is 0 Å². The number of hydrogen-bond donors (Lipinski definition) is 1. The zero-order valence-corrected chi connectivity index (χ0v) is 11.9. The lowest BCUT2D eigenvalue weighted by Gasteiger charge is -2.23. The van der Waals surface area contributed by atoms with Gasteiger partial charge in [-0.1, -0.05) is 6.92 Å². The molecule has 0 aromatic heterocycles. The van der Waals surface area contributed by atoms with Crippen LogP contribution in [0.4, 0.5) is 8.78 Å².